The maximum Gasteiger partial charge on any atom is 0.294 e. The van der Waals surface area contributed by atoms with Crippen LogP contribution in [-0.4, -0.2) is 28.5 Å². The van der Waals surface area contributed by atoms with Gasteiger partial charge < -0.3 is 14.4 Å². The van der Waals surface area contributed by atoms with Gasteiger partial charge in [-0.25, -0.2) is 0 Å². The molecule has 0 bridgehead atoms. The van der Waals surface area contributed by atoms with Gasteiger partial charge in [0, 0.05) is 47.9 Å². The number of para-hydroxylation sites is 1. The van der Waals surface area contributed by atoms with Crippen LogP contribution in [0.1, 0.15) is 24.9 Å². The molecule has 2 heterocycles. The van der Waals surface area contributed by atoms with E-state index in [-0.39, 0.29) is 17.8 Å². The van der Waals surface area contributed by atoms with Gasteiger partial charge in [0.1, 0.15) is 5.75 Å². The zero-order chi connectivity index (χ0) is 20.7. The number of aliphatic hydroxyl groups excluding tert-OH is 1. The van der Waals surface area contributed by atoms with E-state index in [0.717, 1.165) is 16.5 Å². The molecule has 0 spiro atoms. The van der Waals surface area contributed by atoms with Crippen molar-refractivity contribution in [2.45, 2.75) is 19.4 Å². The van der Waals surface area contributed by atoms with Gasteiger partial charge in [-0.1, -0.05) is 31.2 Å². The maximum atomic E-state index is 13.1. The third kappa shape index (κ3) is 2.88. The van der Waals surface area contributed by atoms with Crippen molar-refractivity contribution < 1.29 is 19.4 Å². The quantitative estimate of drug-likeness (QED) is 0.713. The Morgan fingerprint density at radius 2 is 1.93 bits per heavy atom. The van der Waals surface area contributed by atoms with Crippen LogP contribution in [0, 0.1) is 0 Å². The van der Waals surface area contributed by atoms with Gasteiger partial charge in [-0.2, -0.15) is 0 Å². The van der Waals surface area contributed by atoms with E-state index in [1.54, 1.807) is 38.3 Å². The van der Waals surface area contributed by atoms with Crippen molar-refractivity contribution in [3.05, 3.63) is 71.6 Å². The Kier molecular flexibility index (Phi) is 4.62. The van der Waals surface area contributed by atoms with E-state index >= 15 is 0 Å². The van der Waals surface area contributed by atoms with Crippen LogP contribution in [0.5, 0.6) is 5.75 Å². The molecule has 1 aromatic heterocycles. The average Bonchev–Trinajstić information content (AvgIpc) is 3.21. The van der Waals surface area contributed by atoms with Crippen molar-refractivity contribution in [1.29, 1.82) is 0 Å². The number of ether oxygens (including phenoxy) is 1. The van der Waals surface area contributed by atoms with Gasteiger partial charge in [-0.05, 0) is 18.2 Å². The van der Waals surface area contributed by atoms with Gasteiger partial charge >= 0.3 is 0 Å². The van der Waals surface area contributed by atoms with Crippen molar-refractivity contribution >= 4 is 28.3 Å². The van der Waals surface area contributed by atoms with Gasteiger partial charge in [0.05, 0.1) is 18.7 Å². The highest BCUT2D eigenvalue weighted by Crippen LogP contribution is 2.44. The molecule has 3 aromatic rings. The molecule has 148 valence electrons. The summed E-state index contributed by atoms with van der Waals surface area (Å²) in [4.78, 5) is 27.3. The summed E-state index contributed by atoms with van der Waals surface area (Å²) in [5, 5.41) is 11.6. The van der Waals surface area contributed by atoms with Crippen LogP contribution in [-0.2, 0) is 16.6 Å². The van der Waals surface area contributed by atoms with Gasteiger partial charge in [0.2, 0.25) is 0 Å². The standard InChI is InChI=1S/C23H22N2O4/c1-4-19(26)20-21(17-13-24(2)18-11-6-5-10-16(17)18)25(23(28)22(20)27)14-8-7-9-15(12-14)29-3/h5-13,21,27H,4H2,1-3H3. The minimum atomic E-state index is -0.715. The number of hydrogen-bond donors (Lipinski definition) is 1. The second kappa shape index (κ2) is 7.13. The van der Waals surface area contributed by atoms with Crippen molar-refractivity contribution in [2.24, 2.45) is 7.05 Å². The molecule has 1 atom stereocenters. The first-order valence-corrected chi connectivity index (χ1v) is 9.45. The van der Waals surface area contributed by atoms with Crippen LogP contribution in [0.4, 0.5) is 5.69 Å². The van der Waals surface area contributed by atoms with Gasteiger partial charge in [-0.15, -0.1) is 0 Å². The predicted molar refractivity (Wildman–Crippen MR) is 111 cm³/mol. The lowest BCUT2D eigenvalue weighted by Gasteiger charge is -2.26. The van der Waals surface area contributed by atoms with Crippen LogP contribution in [0.15, 0.2) is 66.1 Å². The number of aryl methyl sites for hydroxylation is 1. The molecule has 6 nitrogen and oxygen atoms in total. The molecule has 2 aromatic carbocycles. The summed E-state index contributed by atoms with van der Waals surface area (Å²) in [6.45, 7) is 1.72. The Bertz CT molecular complexity index is 1160. The molecule has 1 aliphatic heterocycles. The second-order valence-electron chi connectivity index (χ2n) is 7.03. The van der Waals surface area contributed by atoms with Gasteiger partial charge in [0.15, 0.2) is 11.5 Å². The first-order chi connectivity index (χ1) is 14.0. The van der Waals surface area contributed by atoms with E-state index in [1.165, 1.54) is 4.90 Å². The van der Waals surface area contributed by atoms with Crippen molar-refractivity contribution in [2.75, 3.05) is 12.0 Å². The number of benzene rings is 2. The molecule has 0 aliphatic carbocycles. The number of aliphatic hydroxyl groups is 1. The molecule has 1 unspecified atom stereocenters. The van der Waals surface area contributed by atoms with Crippen LogP contribution in [0.25, 0.3) is 10.9 Å². The fraction of sp³-hybridized carbons (Fsp3) is 0.217. The highest BCUT2D eigenvalue weighted by atomic mass is 16.5. The van der Waals surface area contributed by atoms with E-state index in [4.69, 9.17) is 4.74 Å². The van der Waals surface area contributed by atoms with E-state index in [2.05, 4.69) is 0 Å². The van der Waals surface area contributed by atoms with Crippen LogP contribution >= 0.6 is 0 Å². The largest absolute Gasteiger partial charge is 0.503 e. The summed E-state index contributed by atoms with van der Waals surface area (Å²) in [6.07, 6.45) is 2.11. The number of aromatic nitrogens is 1. The van der Waals surface area contributed by atoms with Crippen molar-refractivity contribution in [3.63, 3.8) is 0 Å². The lowest BCUT2D eigenvalue weighted by atomic mass is 9.94. The minimum Gasteiger partial charge on any atom is -0.503 e. The summed E-state index contributed by atoms with van der Waals surface area (Å²) < 4.78 is 7.26. The summed E-state index contributed by atoms with van der Waals surface area (Å²) in [7, 11) is 3.47. The van der Waals surface area contributed by atoms with E-state index in [0.29, 0.717) is 11.4 Å². The average molecular weight is 390 g/mol. The molecular formula is C23H22N2O4. The Hall–Kier alpha value is -3.54. The van der Waals surface area contributed by atoms with Crippen LogP contribution < -0.4 is 9.64 Å². The number of carbonyl (C=O) groups is 2. The first-order valence-electron chi connectivity index (χ1n) is 9.45. The summed E-state index contributed by atoms with van der Waals surface area (Å²) in [6, 6.07) is 14.1. The van der Waals surface area contributed by atoms with E-state index in [9.17, 15) is 14.7 Å². The molecule has 1 N–H and O–H groups in total. The Morgan fingerprint density at radius 3 is 2.66 bits per heavy atom. The summed E-state index contributed by atoms with van der Waals surface area (Å²) in [5.41, 5.74) is 2.46. The topological polar surface area (TPSA) is 71.8 Å². The molecular weight excluding hydrogens is 368 g/mol. The van der Waals surface area contributed by atoms with Crippen LogP contribution in [0.2, 0.25) is 0 Å². The number of methoxy groups -OCH3 is 1. The van der Waals surface area contributed by atoms with Crippen molar-refractivity contribution in [3.8, 4) is 5.75 Å². The van der Waals surface area contributed by atoms with Gasteiger partial charge in [0.25, 0.3) is 5.91 Å². The molecule has 29 heavy (non-hydrogen) atoms. The van der Waals surface area contributed by atoms with Gasteiger partial charge in [-0.3, -0.25) is 14.5 Å². The molecule has 1 amide bonds. The number of nitrogens with zero attached hydrogens (tertiary/aromatic N) is 2. The van der Waals surface area contributed by atoms with E-state index < -0.39 is 17.7 Å². The lowest BCUT2D eigenvalue weighted by molar-refractivity contribution is -0.118. The Labute approximate surface area is 168 Å². The minimum absolute atomic E-state index is 0.136. The maximum absolute atomic E-state index is 13.1. The second-order valence-corrected chi connectivity index (χ2v) is 7.03. The highest BCUT2D eigenvalue weighted by Gasteiger charge is 2.44. The number of carbonyl (C=O) groups excluding carboxylic acids is 2. The van der Waals surface area contributed by atoms with E-state index in [1.807, 2.05) is 42.1 Å². The predicted octanol–water partition coefficient (Wildman–Crippen LogP) is 4.07. The Morgan fingerprint density at radius 1 is 1.17 bits per heavy atom. The molecule has 0 saturated heterocycles. The molecule has 6 heteroatoms. The number of rotatable bonds is 5. The number of amides is 1. The number of Topliss-reactive ketones (excluding diaryl/α,β-unsaturated/α-hetero) is 1. The molecule has 0 saturated carbocycles. The lowest BCUT2D eigenvalue weighted by Crippen LogP contribution is -2.31. The summed E-state index contributed by atoms with van der Waals surface area (Å²) in [5.74, 6) is -0.744. The number of anilines is 1. The molecule has 4 rings (SSSR count). The third-order valence-electron chi connectivity index (χ3n) is 5.38. The van der Waals surface area contributed by atoms with Crippen molar-refractivity contribution in [1.82, 2.24) is 4.57 Å². The molecule has 0 fully saturated rings. The normalized spacial score (nSPS) is 16.7. The fourth-order valence-electron chi connectivity index (χ4n) is 3.99. The number of ketones is 1. The molecule has 0 radical (unpaired) electrons. The fourth-order valence-corrected chi connectivity index (χ4v) is 3.99. The zero-order valence-electron chi connectivity index (χ0n) is 16.5. The Balaban J connectivity index is 1.97. The third-order valence-corrected chi connectivity index (χ3v) is 5.38. The molecule has 1 aliphatic rings. The smallest absolute Gasteiger partial charge is 0.294 e. The number of hydrogen-bond acceptors (Lipinski definition) is 4. The first kappa shape index (κ1) is 18.8. The summed E-state index contributed by atoms with van der Waals surface area (Å²) >= 11 is 0. The SMILES string of the molecule is CCC(=O)C1=C(O)C(=O)N(c2cccc(OC)c2)C1c1cn(C)c2ccccc12. The highest BCUT2D eigenvalue weighted by molar-refractivity contribution is 6.17. The zero-order valence-corrected chi connectivity index (χ0v) is 16.5. The number of fused-ring (bicyclic) bond motifs is 1. The van der Waals surface area contributed by atoms with Crippen LogP contribution in [0.3, 0.4) is 0 Å². The monoisotopic (exact) mass is 390 g/mol.